The summed E-state index contributed by atoms with van der Waals surface area (Å²) in [5, 5.41) is 7.36. The van der Waals surface area contributed by atoms with Crippen LogP contribution in [-0.2, 0) is 7.05 Å². The van der Waals surface area contributed by atoms with Crippen molar-refractivity contribution in [2.45, 2.75) is 6.92 Å². The quantitative estimate of drug-likeness (QED) is 0.813. The van der Waals surface area contributed by atoms with Gasteiger partial charge in [-0.1, -0.05) is 27.5 Å². The van der Waals surface area contributed by atoms with Crippen LogP contribution in [-0.4, -0.2) is 15.7 Å². The minimum absolute atomic E-state index is 0.306. The third-order valence-electron chi connectivity index (χ3n) is 2.66. The molecule has 0 spiro atoms. The average Bonchev–Trinajstić information content (AvgIpc) is 2.60. The van der Waals surface area contributed by atoms with Crippen LogP contribution in [0.5, 0.6) is 0 Å². The minimum atomic E-state index is -0.306. The van der Waals surface area contributed by atoms with E-state index >= 15 is 0 Å². The van der Waals surface area contributed by atoms with Crippen LogP contribution in [0.3, 0.4) is 0 Å². The fourth-order valence-electron chi connectivity index (χ4n) is 1.50. The Kier molecular flexibility index (Phi) is 4.32. The van der Waals surface area contributed by atoms with Crippen molar-refractivity contribution < 1.29 is 4.79 Å². The van der Waals surface area contributed by atoms with Gasteiger partial charge in [0.1, 0.15) is 0 Å². The maximum Gasteiger partial charge on any atom is 0.277 e. The number of carbonyl (C=O) groups excluding carboxylic acids is 1. The van der Waals surface area contributed by atoms with E-state index in [9.17, 15) is 4.79 Å². The Morgan fingerprint density at radius 1 is 1.42 bits per heavy atom. The number of aryl methyl sites for hydroxylation is 1. The van der Waals surface area contributed by atoms with Crippen LogP contribution >= 0.6 is 43.5 Å². The van der Waals surface area contributed by atoms with Gasteiger partial charge < -0.3 is 5.32 Å². The van der Waals surface area contributed by atoms with Gasteiger partial charge in [0.25, 0.3) is 5.91 Å². The van der Waals surface area contributed by atoms with Gasteiger partial charge >= 0.3 is 0 Å². The fourth-order valence-corrected chi connectivity index (χ4v) is 2.74. The van der Waals surface area contributed by atoms with Gasteiger partial charge in [0.15, 0.2) is 5.69 Å². The molecule has 2 rings (SSSR count). The molecule has 0 saturated carbocycles. The SMILES string of the molecule is Cc1c(Br)c(C(=O)Nc2ccc(Br)cc2Cl)nn1C. The molecular weight excluding hydrogens is 397 g/mol. The highest BCUT2D eigenvalue weighted by molar-refractivity contribution is 9.10. The number of amides is 1. The molecule has 0 atom stereocenters. The first-order valence-corrected chi connectivity index (χ1v) is 7.32. The number of aromatic nitrogens is 2. The second-order valence-corrected chi connectivity index (χ2v) is 6.07. The molecule has 1 amide bonds. The van der Waals surface area contributed by atoms with E-state index in [1.165, 1.54) is 0 Å². The van der Waals surface area contributed by atoms with E-state index in [-0.39, 0.29) is 5.91 Å². The maximum atomic E-state index is 12.2. The third kappa shape index (κ3) is 3.01. The van der Waals surface area contributed by atoms with Crippen LogP contribution in [0.1, 0.15) is 16.2 Å². The Balaban J connectivity index is 2.28. The lowest BCUT2D eigenvalue weighted by atomic mass is 10.3. The summed E-state index contributed by atoms with van der Waals surface area (Å²) >= 11 is 12.7. The van der Waals surface area contributed by atoms with E-state index in [0.29, 0.717) is 20.9 Å². The molecule has 0 bridgehead atoms. The Labute approximate surface area is 132 Å². The summed E-state index contributed by atoms with van der Waals surface area (Å²) < 4.78 is 3.17. The Hall–Kier alpha value is -0.850. The number of hydrogen-bond donors (Lipinski definition) is 1. The molecule has 7 heteroatoms. The molecule has 0 unspecified atom stereocenters. The lowest BCUT2D eigenvalue weighted by molar-refractivity contribution is 0.102. The highest BCUT2D eigenvalue weighted by atomic mass is 79.9. The first kappa shape index (κ1) is 14.6. The van der Waals surface area contributed by atoms with Gasteiger partial charge in [-0.05, 0) is 41.1 Å². The Bertz CT molecular complexity index is 655. The average molecular weight is 407 g/mol. The summed E-state index contributed by atoms with van der Waals surface area (Å²) in [6.45, 7) is 1.88. The van der Waals surface area contributed by atoms with Crippen LogP contribution in [0.15, 0.2) is 27.1 Å². The van der Waals surface area contributed by atoms with Crippen molar-refractivity contribution in [1.82, 2.24) is 9.78 Å². The van der Waals surface area contributed by atoms with Crippen molar-refractivity contribution in [1.29, 1.82) is 0 Å². The molecule has 4 nitrogen and oxygen atoms in total. The zero-order valence-corrected chi connectivity index (χ0v) is 14.1. The standard InChI is InChI=1S/C12H10Br2ClN3O/c1-6-10(14)11(17-18(6)2)12(19)16-9-4-3-7(13)5-8(9)15/h3-5H,1-2H3,(H,16,19). The molecular formula is C12H10Br2ClN3O. The normalized spacial score (nSPS) is 10.6. The molecule has 19 heavy (non-hydrogen) atoms. The molecule has 0 aliphatic rings. The number of hydrogen-bond acceptors (Lipinski definition) is 2. The summed E-state index contributed by atoms with van der Waals surface area (Å²) in [5.74, 6) is -0.306. The molecule has 0 fully saturated rings. The topological polar surface area (TPSA) is 46.9 Å². The van der Waals surface area contributed by atoms with Gasteiger partial charge in [-0.3, -0.25) is 9.48 Å². The van der Waals surface area contributed by atoms with Crippen molar-refractivity contribution in [3.8, 4) is 0 Å². The maximum absolute atomic E-state index is 12.2. The molecule has 0 saturated heterocycles. The van der Waals surface area contributed by atoms with Gasteiger partial charge in [0.05, 0.1) is 20.9 Å². The predicted octanol–water partition coefficient (Wildman–Crippen LogP) is 4.16. The van der Waals surface area contributed by atoms with Gasteiger partial charge in [-0.15, -0.1) is 0 Å². The van der Waals surface area contributed by atoms with Crippen LogP contribution < -0.4 is 5.32 Å². The van der Waals surface area contributed by atoms with E-state index in [1.54, 1.807) is 29.9 Å². The number of nitrogens with one attached hydrogen (secondary N) is 1. The summed E-state index contributed by atoms with van der Waals surface area (Å²) in [6.07, 6.45) is 0. The molecule has 1 heterocycles. The molecule has 1 aromatic carbocycles. The van der Waals surface area contributed by atoms with E-state index in [4.69, 9.17) is 11.6 Å². The highest BCUT2D eigenvalue weighted by Crippen LogP contribution is 2.27. The van der Waals surface area contributed by atoms with Crippen molar-refractivity contribution in [3.05, 3.63) is 43.6 Å². The van der Waals surface area contributed by atoms with E-state index in [2.05, 4.69) is 42.3 Å². The minimum Gasteiger partial charge on any atom is -0.319 e. The second-order valence-electron chi connectivity index (χ2n) is 3.95. The monoisotopic (exact) mass is 405 g/mol. The number of benzene rings is 1. The first-order chi connectivity index (χ1) is 8.90. The first-order valence-electron chi connectivity index (χ1n) is 5.35. The molecule has 0 radical (unpaired) electrons. The lowest BCUT2D eigenvalue weighted by Crippen LogP contribution is -2.13. The molecule has 100 valence electrons. The summed E-state index contributed by atoms with van der Waals surface area (Å²) in [5.41, 5.74) is 1.76. The number of anilines is 1. The van der Waals surface area contributed by atoms with Crippen molar-refractivity contribution in [2.24, 2.45) is 7.05 Å². The molecule has 2 aromatic rings. The highest BCUT2D eigenvalue weighted by Gasteiger charge is 2.18. The van der Waals surface area contributed by atoms with E-state index in [1.807, 2.05) is 6.92 Å². The van der Waals surface area contributed by atoms with Gasteiger partial charge in [0.2, 0.25) is 0 Å². The molecule has 1 N–H and O–H groups in total. The fraction of sp³-hybridized carbons (Fsp3) is 0.167. The van der Waals surface area contributed by atoms with E-state index in [0.717, 1.165) is 10.2 Å². The second kappa shape index (κ2) is 5.64. The van der Waals surface area contributed by atoms with Crippen LogP contribution in [0.4, 0.5) is 5.69 Å². The predicted molar refractivity (Wildman–Crippen MR) is 82.8 cm³/mol. The van der Waals surface area contributed by atoms with Crippen LogP contribution in [0, 0.1) is 6.92 Å². The van der Waals surface area contributed by atoms with Crippen molar-refractivity contribution in [3.63, 3.8) is 0 Å². The number of carbonyl (C=O) groups is 1. The molecule has 1 aromatic heterocycles. The van der Waals surface area contributed by atoms with E-state index < -0.39 is 0 Å². The molecule has 0 aliphatic heterocycles. The zero-order valence-electron chi connectivity index (χ0n) is 10.2. The summed E-state index contributed by atoms with van der Waals surface area (Å²) in [4.78, 5) is 12.2. The van der Waals surface area contributed by atoms with Crippen molar-refractivity contribution >= 4 is 55.1 Å². The lowest BCUT2D eigenvalue weighted by Gasteiger charge is -2.06. The zero-order chi connectivity index (χ0) is 14.2. The number of nitrogens with zero attached hydrogens (tertiary/aromatic N) is 2. The van der Waals surface area contributed by atoms with Crippen molar-refractivity contribution in [2.75, 3.05) is 5.32 Å². The van der Waals surface area contributed by atoms with Crippen LogP contribution in [0.2, 0.25) is 5.02 Å². The van der Waals surface area contributed by atoms with Gasteiger partial charge in [0, 0.05) is 11.5 Å². The largest absolute Gasteiger partial charge is 0.319 e. The van der Waals surface area contributed by atoms with Gasteiger partial charge in [-0.25, -0.2) is 0 Å². The summed E-state index contributed by atoms with van der Waals surface area (Å²) in [7, 11) is 1.78. The van der Waals surface area contributed by atoms with Gasteiger partial charge in [-0.2, -0.15) is 5.10 Å². The van der Waals surface area contributed by atoms with Crippen LogP contribution in [0.25, 0.3) is 0 Å². The number of rotatable bonds is 2. The Morgan fingerprint density at radius 2 is 2.11 bits per heavy atom. The smallest absolute Gasteiger partial charge is 0.277 e. The summed E-state index contributed by atoms with van der Waals surface area (Å²) in [6, 6.07) is 5.25. The Morgan fingerprint density at radius 3 is 2.63 bits per heavy atom. The number of halogens is 3. The third-order valence-corrected chi connectivity index (χ3v) is 4.41. The molecule has 0 aliphatic carbocycles.